The third kappa shape index (κ3) is 1.12. The molecule has 0 amide bonds. The zero-order chi connectivity index (χ0) is 3.70. The molecule has 0 aromatic rings. The summed E-state index contributed by atoms with van der Waals surface area (Å²) in [7, 11) is 0. The van der Waals surface area contributed by atoms with Gasteiger partial charge in [-0.25, -0.2) is 0 Å². The van der Waals surface area contributed by atoms with E-state index in [-0.39, 0.29) is 12.4 Å². The van der Waals surface area contributed by atoms with Gasteiger partial charge < -0.3 is 11.1 Å². The van der Waals surface area contributed by atoms with Crippen LogP contribution in [0.15, 0.2) is 0 Å². The maximum Gasteiger partial charge on any atom is 0.0292 e. The Balaban J connectivity index is 0.000000250. The van der Waals surface area contributed by atoms with E-state index in [9.17, 15) is 0 Å². The predicted octanol–water partition coefficient (Wildman–Crippen LogP) is -0.661. The zero-order valence-corrected chi connectivity index (χ0v) is 4.29. The maximum atomic E-state index is 5.32. The summed E-state index contributed by atoms with van der Waals surface area (Å²) in [4.78, 5) is 0. The van der Waals surface area contributed by atoms with Crippen molar-refractivity contribution < 1.29 is 0 Å². The smallest absolute Gasteiger partial charge is 0.0292 e. The van der Waals surface area contributed by atoms with Gasteiger partial charge in [0.15, 0.2) is 0 Å². The van der Waals surface area contributed by atoms with Crippen LogP contribution in [0.4, 0.5) is 0 Å². The molecule has 3 N–H and O–H groups in total. The van der Waals surface area contributed by atoms with E-state index in [1.54, 1.807) is 0 Å². The topological polar surface area (TPSA) is 38.0 Å². The van der Waals surface area contributed by atoms with Gasteiger partial charge >= 0.3 is 0 Å². The van der Waals surface area contributed by atoms with Gasteiger partial charge in [-0.3, -0.25) is 0 Å². The van der Waals surface area contributed by atoms with Crippen molar-refractivity contribution in [2.75, 3.05) is 13.1 Å². The van der Waals surface area contributed by atoms with Crippen molar-refractivity contribution in [2.45, 2.75) is 6.04 Å². The average molecular weight is 109 g/mol. The second-order valence-corrected chi connectivity index (χ2v) is 1.42. The molecule has 3 heteroatoms. The number of halogens is 1. The summed E-state index contributed by atoms with van der Waals surface area (Å²) in [6.07, 6.45) is 0. The molecule has 0 aliphatic carbocycles. The second kappa shape index (κ2) is 2.39. The summed E-state index contributed by atoms with van der Waals surface area (Å²) in [5.74, 6) is 0. The molecule has 38 valence electrons. The first-order valence-electron chi connectivity index (χ1n) is 1.86. The summed E-state index contributed by atoms with van der Waals surface area (Å²) in [5, 5.41) is 3.04. The minimum atomic E-state index is 0. The second-order valence-electron chi connectivity index (χ2n) is 1.42. The van der Waals surface area contributed by atoms with Crippen LogP contribution in [-0.2, 0) is 0 Å². The van der Waals surface area contributed by atoms with E-state index in [1.807, 2.05) is 0 Å². The molecule has 2 nitrogen and oxygen atoms in total. The first kappa shape index (κ1) is 6.21. The maximum absolute atomic E-state index is 5.32. The van der Waals surface area contributed by atoms with Gasteiger partial charge in [0.25, 0.3) is 0 Å². The Labute approximate surface area is 43.5 Å². The lowest BCUT2D eigenvalue weighted by Crippen LogP contribution is -2.52. The highest BCUT2D eigenvalue weighted by Gasteiger charge is 2.08. The number of rotatable bonds is 0. The molecule has 0 radical (unpaired) electrons. The van der Waals surface area contributed by atoms with Gasteiger partial charge in [0.1, 0.15) is 0 Å². The first-order valence-corrected chi connectivity index (χ1v) is 1.86. The number of hydrogen-bond acceptors (Lipinski definition) is 2. The van der Waals surface area contributed by atoms with Gasteiger partial charge in [0, 0.05) is 19.1 Å². The van der Waals surface area contributed by atoms with Crippen molar-refractivity contribution in [3.05, 3.63) is 0 Å². The predicted molar refractivity (Wildman–Crippen MR) is 28.1 cm³/mol. The van der Waals surface area contributed by atoms with Gasteiger partial charge in [-0.2, -0.15) is 0 Å². The molecule has 6 heavy (non-hydrogen) atoms. The largest absolute Gasteiger partial charge is 0.326 e. The van der Waals surface area contributed by atoms with Crippen molar-refractivity contribution in [3.8, 4) is 0 Å². The Morgan fingerprint density at radius 3 is 1.83 bits per heavy atom. The van der Waals surface area contributed by atoms with E-state index in [0.29, 0.717) is 6.04 Å². The van der Waals surface area contributed by atoms with Crippen LogP contribution in [0, 0.1) is 0 Å². The molecule has 1 aliphatic rings. The third-order valence-electron chi connectivity index (χ3n) is 0.813. The molecule has 0 aromatic heterocycles. The minimum Gasteiger partial charge on any atom is -0.326 e. The molecule has 1 saturated heterocycles. The number of hydrogen-bond donors (Lipinski definition) is 2. The molecule has 0 saturated carbocycles. The standard InChI is InChI=1S/C3H8N2.ClH/c4-3-1-5-2-3;/h3,5H,1-2,4H2;1H. The Hall–Kier alpha value is 0.210. The van der Waals surface area contributed by atoms with Gasteiger partial charge in [0.05, 0.1) is 0 Å². The summed E-state index contributed by atoms with van der Waals surface area (Å²) in [5.41, 5.74) is 5.32. The molecule has 1 rings (SSSR count). The molecule has 0 aromatic carbocycles. The molecule has 0 spiro atoms. The van der Waals surface area contributed by atoms with Gasteiger partial charge in [-0.15, -0.1) is 12.4 Å². The fourth-order valence-electron chi connectivity index (χ4n) is 0.311. The van der Waals surface area contributed by atoms with Crippen LogP contribution in [0.5, 0.6) is 0 Å². The molecule has 0 atom stereocenters. The van der Waals surface area contributed by atoms with E-state index in [1.165, 1.54) is 0 Å². The monoisotopic (exact) mass is 108 g/mol. The Morgan fingerprint density at radius 1 is 1.50 bits per heavy atom. The van der Waals surface area contributed by atoms with Crippen LogP contribution in [0.25, 0.3) is 0 Å². The van der Waals surface area contributed by atoms with Crippen LogP contribution in [0.2, 0.25) is 0 Å². The third-order valence-corrected chi connectivity index (χ3v) is 0.813. The van der Waals surface area contributed by atoms with Crippen molar-refractivity contribution >= 4 is 12.4 Å². The summed E-state index contributed by atoms with van der Waals surface area (Å²) in [6.45, 7) is 2.03. The number of nitrogens with one attached hydrogen (secondary N) is 1. The van der Waals surface area contributed by atoms with Crippen molar-refractivity contribution in [1.29, 1.82) is 0 Å². The lowest BCUT2D eigenvalue weighted by molar-refractivity contribution is 0.445. The quantitative estimate of drug-likeness (QED) is 0.432. The summed E-state index contributed by atoms with van der Waals surface area (Å²) in [6, 6.07) is 0.454. The van der Waals surface area contributed by atoms with Gasteiger partial charge in [-0.05, 0) is 0 Å². The molecular formula is C3H9ClN2. The van der Waals surface area contributed by atoms with E-state index in [2.05, 4.69) is 5.32 Å². The van der Waals surface area contributed by atoms with Gasteiger partial charge in [-0.1, -0.05) is 0 Å². The first-order chi connectivity index (χ1) is 2.39. The molecule has 1 aliphatic heterocycles. The van der Waals surface area contributed by atoms with Crippen molar-refractivity contribution in [3.63, 3.8) is 0 Å². The van der Waals surface area contributed by atoms with Crippen LogP contribution in [0.3, 0.4) is 0 Å². The van der Waals surface area contributed by atoms with Gasteiger partial charge in [0.2, 0.25) is 0 Å². The van der Waals surface area contributed by atoms with Crippen LogP contribution < -0.4 is 11.1 Å². The van der Waals surface area contributed by atoms with E-state index in [4.69, 9.17) is 5.73 Å². The molecule has 1 fully saturated rings. The summed E-state index contributed by atoms with van der Waals surface area (Å²) >= 11 is 0. The molecule has 1 heterocycles. The molecule has 0 bridgehead atoms. The van der Waals surface area contributed by atoms with Crippen LogP contribution in [0.1, 0.15) is 0 Å². The Bertz CT molecular complexity index is 35.8. The highest BCUT2D eigenvalue weighted by molar-refractivity contribution is 5.85. The highest BCUT2D eigenvalue weighted by atomic mass is 35.5. The number of nitrogens with two attached hydrogens (primary N) is 1. The Morgan fingerprint density at radius 2 is 1.83 bits per heavy atom. The normalized spacial score (nSPS) is 21.5. The van der Waals surface area contributed by atoms with Crippen molar-refractivity contribution in [1.82, 2.24) is 5.32 Å². The fraction of sp³-hybridized carbons (Fsp3) is 1.00. The lowest BCUT2D eigenvalue weighted by Gasteiger charge is -2.21. The highest BCUT2D eigenvalue weighted by Crippen LogP contribution is 1.80. The van der Waals surface area contributed by atoms with Crippen LogP contribution in [-0.4, -0.2) is 19.1 Å². The molecular weight excluding hydrogens is 99.5 g/mol. The lowest BCUT2D eigenvalue weighted by atomic mass is 10.2. The van der Waals surface area contributed by atoms with E-state index in [0.717, 1.165) is 13.1 Å². The molecule has 0 unspecified atom stereocenters. The SMILES string of the molecule is Cl.NC1CNC1. The van der Waals surface area contributed by atoms with E-state index < -0.39 is 0 Å². The fourth-order valence-corrected chi connectivity index (χ4v) is 0.311. The van der Waals surface area contributed by atoms with Crippen LogP contribution >= 0.6 is 12.4 Å². The Kier molecular flexibility index (Phi) is 2.48. The average Bonchev–Trinajstić information content (AvgIpc) is 1.30. The zero-order valence-electron chi connectivity index (χ0n) is 3.48. The van der Waals surface area contributed by atoms with E-state index >= 15 is 0 Å². The van der Waals surface area contributed by atoms with Crippen molar-refractivity contribution in [2.24, 2.45) is 5.73 Å². The summed E-state index contributed by atoms with van der Waals surface area (Å²) < 4.78 is 0. The minimum absolute atomic E-state index is 0.